The Labute approximate surface area is 177 Å². The number of hydrogen-bond acceptors (Lipinski definition) is 5. The van der Waals surface area contributed by atoms with Crippen molar-refractivity contribution in [2.24, 2.45) is 11.8 Å². The zero-order valence-corrected chi connectivity index (χ0v) is 17.3. The van der Waals surface area contributed by atoms with Crippen LogP contribution in [-0.2, 0) is 11.3 Å². The van der Waals surface area contributed by atoms with Crippen LogP contribution < -0.4 is 5.32 Å². The van der Waals surface area contributed by atoms with Gasteiger partial charge in [0.1, 0.15) is 5.54 Å². The second kappa shape index (κ2) is 8.45. The van der Waals surface area contributed by atoms with Gasteiger partial charge < -0.3 is 5.32 Å². The maximum Gasteiger partial charge on any atom is 0.401 e. The van der Waals surface area contributed by atoms with Gasteiger partial charge in [0, 0.05) is 18.2 Å². The van der Waals surface area contributed by atoms with Crippen molar-refractivity contribution >= 4 is 17.6 Å². The number of hydrogen-bond donors (Lipinski definition) is 1. The Bertz CT molecular complexity index is 866. The quantitative estimate of drug-likeness (QED) is 0.412. The fraction of sp³-hybridized carbons (Fsp3) is 0.600. The summed E-state index contributed by atoms with van der Waals surface area (Å²) < 4.78 is 39.7. The van der Waals surface area contributed by atoms with Gasteiger partial charge in [-0.3, -0.25) is 19.8 Å². The van der Waals surface area contributed by atoms with Gasteiger partial charge in [-0.15, -0.1) is 0 Å². The number of imide groups is 1. The maximum absolute atomic E-state index is 13.3. The van der Waals surface area contributed by atoms with Gasteiger partial charge >= 0.3 is 12.2 Å². The van der Waals surface area contributed by atoms with E-state index < -0.39 is 48.3 Å². The van der Waals surface area contributed by atoms with Crippen LogP contribution in [0, 0.1) is 22.0 Å². The summed E-state index contributed by atoms with van der Waals surface area (Å²) in [7, 11) is 0. The Kier molecular flexibility index (Phi) is 6.26. The molecule has 1 N–H and O–H groups in total. The number of nitrogens with zero attached hydrogens (tertiary/aromatic N) is 3. The molecule has 0 aromatic heterocycles. The van der Waals surface area contributed by atoms with Crippen molar-refractivity contribution in [3.05, 3.63) is 39.9 Å². The first-order valence-electron chi connectivity index (χ1n) is 10.1. The van der Waals surface area contributed by atoms with E-state index in [9.17, 15) is 32.9 Å². The molecule has 2 atom stereocenters. The molecule has 1 aromatic carbocycles. The molecule has 31 heavy (non-hydrogen) atoms. The van der Waals surface area contributed by atoms with E-state index in [0.717, 1.165) is 29.1 Å². The zero-order chi connectivity index (χ0) is 23.0. The van der Waals surface area contributed by atoms with Gasteiger partial charge in [-0.2, -0.15) is 13.2 Å². The van der Waals surface area contributed by atoms with E-state index in [-0.39, 0.29) is 23.1 Å². The van der Waals surface area contributed by atoms with Crippen LogP contribution in [0.1, 0.15) is 38.7 Å². The number of halogens is 3. The molecule has 170 valence electrons. The molecule has 1 aliphatic heterocycles. The Morgan fingerprint density at radius 2 is 1.84 bits per heavy atom. The lowest BCUT2D eigenvalue weighted by Crippen LogP contribution is -2.59. The van der Waals surface area contributed by atoms with Crippen molar-refractivity contribution in [1.82, 2.24) is 15.1 Å². The number of carbonyl (C=O) groups is 2. The molecule has 2 unspecified atom stereocenters. The molecule has 8 nitrogen and oxygen atoms in total. The molecular weight excluding hydrogens is 417 g/mol. The summed E-state index contributed by atoms with van der Waals surface area (Å²) in [5.41, 5.74) is -1.38. The normalized spacial score (nSPS) is 26.6. The van der Waals surface area contributed by atoms with Crippen LogP contribution >= 0.6 is 0 Å². The molecule has 1 spiro atoms. The first kappa shape index (κ1) is 23.0. The lowest BCUT2D eigenvalue weighted by atomic mass is 9.67. The largest absolute Gasteiger partial charge is 0.401 e. The smallest absolute Gasteiger partial charge is 0.323 e. The van der Waals surface area contributed by atoms with Crippen LogP contribution in [0.3, 0.4) is 0 Å². The highest BCUT2D eigenvalue weighted by Gasteiger charge is 2.58. The molecule has 11 heteroatoms. The van der Waals surface area contributed by atoms with Crippen molar-refractivity contribution in [2.75, 3.05) is 13.2 Å². The third-order valence-corrected chi connectivity index (χ3v) is 6.31. The number of rotatable bonds is 6. The molecule has 1 heterocycles. The van der Waals surface area contributed by atoms with Gasteiger partial charge in [-0.25, -0.2) is 9.69 Å². The lowest BCUT2D eigenvalue weighted by molar-refractivity contribution is -0.385. The van der Waals surface area contributed by atoms with Crippen LogP contribution in [0.4, 0.5) is 23.7 Å². The predicted molar refractivity (Wildman–Crippen MR) is 105 cm³/mol. The highest BCUT2D eigenvalue weighted by Crippen LogP contribution is 2.42. The van der Waals surface area contributed by atoms with E-state index in [1.807, 2.05) is 13.8 Å². The van der Waals surface area contributed by atoms with Gasteiger partial charge in [0.05, 0.1) is 18.1 Å². The third-order valence-electron chi connectivity index (χ3n) is 6.31. The topological polar surface area (TPSA) is 95.8 Å². The highest BCUT2D eigenvalue weighted by molar-refractivity contribution is 6.07. The summed E-state index contributed by atoms with van der Waals surface area (Å²) in [6.45, 7) is 1.24. The number of carbonyl (C=O) groups excluding carboxylic acids is 2. The van der Waals surface area contributed by atoms with E-state index >= 15 is 0 Å². The van der Waals surface area contributed by atoms with Gasteiger partial charge in [0.2, 0.25) is 0 Å². The number of nitro benzene ring substituents is 1. The summed E-state index contributed by atoms with van der Waals surface area (Å²) in [5.74, 6) is -0.833. The van der Waals surface area contributed by atoms with Crippen molar-refractivity contribution in [2.45, 2.75) is 51.4 Å². The summed E-state index contributed by atoms with van der Waals surface area (Å²) in [5, 5.41) is 14.0. The fourth-order valence-electron chi connectivity index (χ4n) is 4.75. The average Bonchev–Trinajstić information content (AvgIpc) is 2.91. The molecular formula is C20H25F3N4O4. The van der Waals surface area contributed by atoms with E-state index in [1.54, 1.807) is 0 Å². The number of para-hydroxylation sites is 1. The first-order chi connectivity index (χ1) is 14.5. The van der Waals surface area contributed by atoms with Gasteiger partial charge in [-0.05, 0) is 24.7 Å². The predicted octanol–water partition coefficient (Wildman–Crippen LogP) is 3.66. The highest BCUT2D eigenvalue weighted by atomic mass is 19.4. The number of alkyl halides is 3. The molecule has 1 aromatic rings. The molecule has 3 amide bonds. The number of benzene rings is 1. The van der Waals surface area contributed by atoms with Crippen LogP contribution in [-0.4, -0.2) is 51.6 Å². The van der Waals surface area contributed by atoms with Crippen LogP contribution in [0.5, 0.6) is 0 Å². The Morgan fingerprint density at radius 3 is 2.42 bits per heavy atom. The van der Waals surface area contributed by atoms with Crippen LogP contribution in [0.15, 0.2) is 24.3 Å². The fourth-order valence-corrected chi connectivity index (χ4v) is 4.75. The average molecular weight is 442 g/mol. The minimum absolute atomic E-state index is 0.0675. The van der Waals surface area contributed by atoms with Crippen LogP contribution in [0.2, 0.25) is 0 Å². The minimum Gasteiger partial charge on any atom is -0.323 e. The van der Waals surface area contributed by atoms with E-state index in [0.29, 0.717) is 0 Å². The standard InChI is InChI=1S/C20H25F3N4O4/c1-13-6-5-7-14(2)20(13)17(28)26(18(29)24-20)12-25(11-19(21,22)23)10-15-8-3-4-9-16(15)27(30)31/h3-4,8-9,13-14H,5-7,10-12H2,1-2H3,(H,24,29). The summed E-state index contributed by atoms with van der Waals surface area (Å²) >= 11 is 0. The second-order valence-electron chi connectivity index (χ2n) is 8.39. The van der Waals surface area contributed by atoms with Crippen molar-refractivity contribution in [3.8, 4) is 0 Å². The Balaban J connectivity index is 1.87. The molecule has 1 saturated carbocycles. The molecule has 1 saturated heterocycles. The van der Waals surface area contributed by atoms with Gasteiger partial charge in [0.15, 0.2) is 0 Å². The number of nitro groups is 1. The number of amides is 3. The Hall–Kier alpha value is -2.69. The SMILES string of the molecule is CC1CCCC(C)C12NC(=O)N(CN(Cc1ccccc1[N+](=O)[O-])CC(F)(F)F)C2=O. The monoisotopic (exact) mass is 442 g/mol. The third kappa shape index (κ3) is 4.51. The number of urea groups is 1. The van der Waals surface area contributed by atoms with E-state index in [4.69, 9.17) is 0 Å². The zero-order valence-electron chi connectivity index (χ0n) is 17.3. The van der Waals surface area contributed by atoms with Crippen molar-refractivity contribution in [3.63, 3.8) is 0 Å². The molecule has 1 aliphatic carbocycles. The van der Waals surface area contributed by atoms with Crippen molar-refractivity contribution < 1.29 is 27.7 Å². The van der Waals surface area contributed by atoms with Gasteiger partial charge in [-0.1, -0.05) is 38.5 Å². The Morgan fingerprint density at radius 1 is 1.23 bits per heavy atom. The molecule has 0 bridgehead atoms. The second-order valence-corrected chi connectivity index (χ2v) is 8.39. The molecule has 0 radical (unpaired) electrons. The lowest BCUT2D eigenvalue weighted by Gasteiger charge is -2.42. The number of nitrogens with one attached hydrogen (secondary N) is 1. The van der Waals surface area contributed by atoms with E-state index in [2.05, 4.69) is 5.32 Å². The minimum atomic E-state index is -4.62. The summed E-state index contributed by atoms with van der Waals surface area (Å²) in [6, 6.07) is 4.74. The maximum atomic E-state index is 13.3. The summed E-state index contributed by atoms with van der Waals surface area (Å²) in [4.78, 5) is 38.1. The van der Waals surface area contributed by atoms with Crippen LogP contribution in [0.25, 0.3) is 0 Å². The molecule has 2 fully saturated rings. The molecule has 2 aliphatic rings. The van der Waals surface area contributed by atoms with Crippen molar-refractivity contribution in [1.29, 1.82) is 0 Å². The molecule has 3 rings (SSSR count). The first-order valence-corrected chi connectivity index (χ1v) is 10.1. The van der Waals surface area contributed by atoms with Gasteiger partial charge in [0.25, 0.3) is 11.6 Å². The summed E-state index contributed by atoms with van der Waals surface area (Å²) in [6.07, 6.45) is -2.25. The van der Waals surface area contributed by atoms with E-state index in [1.165, 1.54) is 24.3 Å².